The van der Waals surface area contributed by atoms with Crippen LogP contribution in [0.4, 0.5) is 23.1 Å². The Hall–Kier alpha value is -2.72. The van der Waals surface area contributed by atoms with Gasteiger partial charge in [-0.25, -0.2) is 4.98 Å². The summed E-state index contributed by atoms with van der Waals surface area (Å²) in [6.07, 6.45) is 2.22. The number of aromatic nitrogens is 2. The Morgan fingerprint density at radius 2 is 1.88 bits per heavy atom. The van der Waals surface area contributed by atoms with Gasteiger partial charge < -0.3 is 15.1 Å². The highest BCUT2D eigenvalue weighted by Crippen LogP contribution is 2.34. The molecule has 2 N–H and O–H groups in total. The number of fused-ring (bicyclic) bond motifs is 1. The van der Waals surface area contributed by atoms with E-state index < -0.39 is 10.1 Å². The molecule has 0 spiro atoms. The van der Waals surface area contributed by atoms with Crippen LogP contribution in [0.15, 0.2) is 35.4 Å². The molecule has 3 rings (SSSR count). The molecule has 10 heteroatoms. The molecule has 138 valence electrons. The quantitative estimate of drug-likeness (QED) is 0.773. The van der Waals surface area contributed by atoms with Crippen LogP contribution in [0.5, 0.6) is 0 Å². The highest BCUT2D eigenvalue weighted by molar-refractivity contribution is 7.85. The number of rotatable bonds is 4. The van der Waals surface area contributed by atoms with Gasteiger partial charge in [-0.2, -0.15) is 13.4 Å². The number of likely N-dealkylation sites (N-methyl/N-ethyl adjacent to an activating group) is 2. The molecule has 1 aromatic carbocycles. The van der Waals surface area contributed by atoms with E-state index in [1.54, 1.807) is 18.1 Å². The predicted octanol–water partition coefficient (Wildman–Crippen LogP) is 1.66. The minimum absolute atomic E-state index is 0.00684. The molecular weight excluding hydrogens is 358 g/mol. The van der Waals surface area contributed by atoms with Crippen LogP contribution >= 0.6 is 0 Å². The van der Waals surface area contributed by atoms with E-state index in [0.29, 0.717) is 29.6 Å². The highest BCUT2D eigenvalue weighted by Gasteiger charge is 2.34. The standard InChI is InChI=1S/C16H19N5O4S/c1-4-12-15(22)21(3)13-9-17-16(19-14(13)20(12)2)18-10-5-7-11(8-6-10)26(23,24)25/h5-9,12H,4H2,1-3H3,(H,17,18,19)(H,23,24,25). The lowest BCUT2D eigenvalue weighted by atomic mass is 10.1. The maximum atomic E-state index is 12.4. The third-order valence-electron chi connectivity index (χ3n) is 4.32. The second kappa shape index (κ2) is 6.54. The summed E-state index contributed by atoms with van der Waals surface area (Å²) < 4.78 is 31.2. The van der Waals surface area contributed by atoms with E-state index in [1.807, 2.05) is 18.9 Å². The highest BCUT2D eigenvalue weighted by atomic mass is 32.2. The molecule has 0 bridgehead atoms. The largest absolute Gasteiger partial charge is 0.346 e. The summed E-state index contributed by atoms with van der Waals surface area (Å²) >= 11 is 0. The summed E-state index contributed by atoms with van der Waals surface area (Å²) in [6.45, 7) is 1.94. The number of carbonyl (C=O) groups excluding carboxylic acids is 1. The van der Waals surface area contributed by atoms with Gasteiger partial charge in [-0.05, 0) is 30.7 Å². The average Bonchev–Trinajstić information content (AvgIpc) is 2.60. The second-order valence-corrected chi connectivity index (χ2v) is 7.38. The van der Waals surface area contributed by atoms with Crippen LogP contribution in [0.25, 0.3) is 0 Å². The van der Waals surface area contributed by atoms with Crippen LogP contribution in [-0.2, 0) is 14.9 Å². The van der Waals surface area contributed by atoms with E-state index in [2.05, 4.69) is 15.3 Å². The Balaban J connectivity index is 1.90. The Kier molecular flexibility index (Phi) is 4.55. The van der Waals surface area contributed by atoms with Crippen LogP contribution < -0.4 is 15.1 Å². The summed E-state index contributed by atoms with van der Waals surface area (Å²) in [5, 5.41) is 2.98. The number of amides is 1. The smallest absolute Gasteiger partial charge is 0.294 e. The molecule has 26 heavy (non-hydrogen) atoms. The zero-order valence-electron chi connectivity index (χ0n) is 14.5. The zero-order chi connectivity index (χ0) is 19.1. The van der Waals surface area contributed by atoms with Crippen LogP contribution in [0, 0.1) is 0 Å². The first kappa shape index (κ1) is 18.1. The normalized spacial score (nSPS) is 17.2. The van der Waals surface area contributed by atoms with Crippen molar-refractivity contribution in [3.8, 4) is 0 Å². The number of nitrogens with one attached hydrogen (secondary N) is 1. The second-order valence-electron chi connectivity index (χ2n) is 5.96. The van der Waals surface area contributed by atoms with Gasteiger partial charge in [0.25, 0.3) is 10.1 Å². The van der Waals surface area contributed by atoms with Crippen LogP contribution in [0.3, 0.4) is 0 Å². The maximum Gasteiger partial charge on any atom is 0.294 e. The first-order chi connectivity index (χ1) is 12.2. The molecule has 9 nitrogen and oxygen atoms in total. The van der Waals surface area contributed by atoms with Crippen molar-refractivity contribution in [2.45, 2.75) is 24.3 Å². The number of carbonyl (C=O) groups is 1. The third-order valence-corrected chi connectivity index (χ3v) is 5.19. The van der Waals surface area contributed by atoms with E-state index in [1.165, 1.54) is 24.3 Å². The summed E-state index contributed by atoms with van der Waals surface area (Å²) in [7, 11) is -0.725. The molecule has 2 aromatic rings. The van der Waals surface area contributed by atoms with E-state index in [4.69, 9.17) is 4.55 Å². The molecule has 1 unspecified atom stereocenters. The maximum absolute atomic E-state index is 12.4. The van der Waals surface area contributed by atoms with E-state index in [0.717, 1.165) is 0 Å². The van der Waals surface area contributed by atoms with Gasteiger partial charge in [0.15, 0.2) is 5.82 Å². The van der Waals surface area contributed by atoms with Gasteiger partial charge in [-0.15, -0.1) is 0 Å². The lowest BCUT2D eigenvalue weighted by Gasteiger charge is -2.37. The van der Waals surface area contributed by atoms with Crippen LogP contribution in [0.1, 0.15) is 13.3 Å². The van der Waals surface area contributed by atoms with Crippen LogP contribution in [-0.4, -0.2) is 49.0 Å². The topological polar surface area (TPSA) is 116 Å². The molecule has 1 aromatic heterocycles. The van der Waals surface area contributed by atoms with Crippen molar-refractivity contribution in [1.82, 2.24) is 9.97 Å². The third kappa shape index (κ3) is 3.20. The van der Waals surface area contributed by atoms with Gasteiger partial charge >= 0.3 is 0 Å². The molecule has 1 aliphatic heterocycles. The molecule has 1 amide bonds. The van der Waals surface area contributed by atoms with Gasteiger partial charge in [0.1, 0.15) is 11.7 Å². The number of nitrogens with zero attached hydrogens (tertiary/aromatic N) is 4. The summed E-state index contributed by atoms with van der Waals surface area (Å²) in [6, 6.07) is 5.27. The molecule has 0 saturated heterocycles. The fraction of sp³-hybridized carbons (Fsp3) is 0.312. The fourth-order valence-electron chi connectivity index (χ4n) is 2.87. The minimum Gasteiger partial charge on any atom is -0.346 e. The van der Waals surface area contributed by atoms with Gasteiger partial charge in [0.2, 0.25) is 11.9 Å². The lowest BCUT2D eigenvalue weighted by molar-refractivity contribution is -0.119. The number of hydrogen-bond acceptors (Lipinski definition) is 7. The Morgan fingerprint density at radius 3 is 2.46 bits per heavy atom. The van der Waals surface area contributed by atoms with Gasteiger partial charge in [-0.1, -0.05) is 6.92 Å². The first-order valence-electron chi connectivity index (χ1n) is 7.94. The van der Waals surface area contributed by atoms with Crippen molar-refractivity contribution >= 4 is 39.2 Å². The SMILES string of the molecule is CCC1C(=O)N(C)c2cnc(Nc3ccc(S(=O)(=O)O)cc3)nc2N1C. The van der Waals surface area contributed by atoms with Crippen molar-refractivity contribution in [2.24, 2.45) is 0 Å². The number of benzene rings is 1. The van der Waals surface area contributed by atoms with Crippen molar-refractivity contribution in [3.63, 3.8) is 0 Å². The lowest BCUT2D eigenvalue weighted by Crippen LogP contribution is -2.50. The number of anilines is 4. The predicted molar refractivity (Wildman–Crippen MR) is 97.5 cm³/mol. The average molecular weight is 377 g/mol. The van der Waals surface area contributed by atoms with Crippen molar-refractivity contribution in [1.29, 1.82) is 0 Å². The molecule has 1 atom stereocenters. The van der Waals surface area contributed by atoms with Crippen molar-refractivity contribution in [2.75, 3.05) is 29.2 Å². The van der Waals surface area contributed by atoms with E-state index in [9.17, 15) is 13.2 Å². The molecule has 0 fully saturated rings. The molecule has 2 heterocycles. The fourth-order valence-corrected chi connectivity index (χ4v) is 3.35. The summed E-state index contributed by atoms with van der Waals surface area (Å²) in [4.78, 5) is 24.2. The molecule has 0 saturated carbocycles. The Labute approximate surface area is 151 Å². The van der Waals surface area contributed by atoms with Gasteiger partial charge in [0, 0.05) is 19.8 Å². The first-order valence-corrected chi connectivity index (χ1v) is 9.38. The molecular formula is C16H19N5O4S. The van der Waals surface area contributed by atoms with Crippen molar-refractivity contribution < 1.29 is 17.8 Å². The molecule has 0 radical (unpaired) electrons. The minimum atomic E-state index is -4.24. The van der Waals surface area contributed by atoms with E-state index >= 15 is 0 Å². The monoisotopic (exact) mass is 377 g/mol. The summed E-state index contributed by atoms with van der Waals surface area (Å²) in [5.74, 6) is 0.937. The Bertz CT molecular complexity index is 946. The number of hydrogen-bond donors (Lipinski definition) is 2. The van der Waals surface area contributed by atoms with Crippen molar-refractivity contribution in [3.05, 3.63) is 30.5 Å². The zero-order valence-corrected chi connectivity index (χ0v) is 15.4. The van der Waals surface area contributed by atoms with Crippen LogP contribution in [0.2, 0.25) is 0 Å². The molecule has 1 aliphatic rings. The van der Waals surface area contributed by atoms with E-state index in [-0.39, 0.29) is 16.8 Å². The van der Waals surface area contributed by atoms with Gasteiger partial charge in [-0.3, -0.25) is 9.35 Å². The molecule has 0 aliphatic carbocycles. The Morgan fingerprint density at radius 1 is 1.23 bits per heavy atom. The summed E-state index contributed by atoms with van der Waals surface area (Å²) in [5.41, 5.74) is 1.18. The van der Waals surface area contributed by atoms with Gasteiger partial charge in [0.05, 0.1) is 11.1 Å².